The van der Waals surface area contributed by atoms with E-state index < -0.39 is 0 Å². The summed E-state index contributed by atoms with van der Waals surface area (Å²) in [6, 6.07) is 5.15. The lowest BCUT2D eigenvalue weighted by Crippen LogP contribution is -2.49. The fourth-order valence-electron chi connectivity index (χ4n) is 3.34. The number of ether oxygens (including phenoxy) is 1. The molecule has 0 spiro atoms. The van der Waals surface area contributed by atoms with Crippen LogP contribution in [0.3, 0.4) is 0 Å². The van der Waals surface area contributed by atoms with Gasteiger partial charge in [-0.25, -0.2) is 0 Å². The Morgan fingerprint density at radius 2 is 2.00 bits per heavy atom. The Hall–Kier alpha value is -2.01. The maximum absolute atomic E-state index is 12.5. The molecular weight excluding hydrogens is 294 g/mol. The summed E-state index contributed by atoms with van der Waals surface area (Å²) in [7, 11) is 1.53. The first-order valence-electron chi connectivity index (χ1n) is 7.94. The molecule has 0 aromatic heterocycles. The third-order valence-electron chi connectivity index (χ3n) is 4.45. The van der Waals surface area contributed by atoms with Crippen molar-refractivity contribution in [2.24, 2.45) is 5.92 Å². The summed E-state index contributed by atoms with van der Waals surface area (Å²) in [5.41, 5.74) is 0.574. The Balaban J connectivity index is 2.09. The lowest BCUT2D eigenvalue weighted by molar-refractivity contribution is -0.133. The van der Waals surface area contributed by atoms with Crippen LogP contribution in [-0.2, 0) is 4.79 Å². The van der Waals surface area contributed by atoms with Crippen molar-refractivity contribution in [1.29, 1.82) is 0 Å². The van der Waals surface area contributed by atoms with Gasteiger partial charge in [0.2, 0.25) is 5.91 Å². The number of piperidine rings is 1. The molecule has 0 bridgehead atoms. The average Bonchev–Trinajstić information content (AvgIpc) is 2.52. The van der Waals surface area contributed by atoms with E-state index in [1.807, 2.05) is 18.7 Å². The van der Waals surface area contributed by atoms with Gasteiger partial charge < -0.3 is 19.8 Å². The molecule has 1 aromatic carbocycles. The third kappa shape index (κ3) is 4.05. The summed E-state index contributed by atoms with van der Waals surface area (Å²) in [6.45, 7) is 4.19. The highest BCUT2D eigenvalue weighted by Crippen LogP contribution is 2.28. The average molecular weight is 319 g/mol. The summed E-state index contributed by atoms with van der Waals surface area (Å²) in [4.78, 5) is 14.3. The lowest BCUT2D eigenvalue weighted by atomic mass is 9.87. The van der Waals surface area contributed by atoms with Gasteiger partial charge >= 0.3 is 0 Å². The Kier molecular flexibility index (Phi) is 5.66. The molecule has 126 valence electrons. The zero-order valence-electron chi connectivity index (χ0n) is 13.9. The van der Waals surface area contributed by atoms with Crippen molar-refractivity contribution < 1.29 is 19.7 Å². The number of phenols is 1. The molecule has 1 aromatic rings. The molecule has 23 heavy (non-hydrogen) atoms. The Labute approximate surface area is 137 Å². The number of carbonyl (C=O) groups is 1. The van der Waals surface area contributed by atoms with Gasteiger partial charge in [0.05, 0.1) is 7.11 Å². The van der Waals surface area contributed by atoms with Gasteiger partial charge in [-0.1, -0.05) is 0 Å². The van der Waals surface area contributed by atoms with Gasteiger partial charge in [-0.2, -0.15) is 0 Å². The van der Waals surface area contributed by atoms with Crippen molar-refractivity contribution in [1.82, 2.24) is 4.90 Å². The number of aliphatic hydroxyl groups excluding tert-OH is 1. The maximum atomic E-state index is 12.5. The fraction of sp³-hybridized carbons (Fsp3) is 0.500. The van der Waals surface area contributed by atoms with Crippen molar-refractivity contribution >= 4 is 12.0 Å². The molecule has 0 aliphatic carbocycles. The normalized spacial score (nSPS) is 24.9. The molecule has 0 radical (unpaired) electrons. The maximum Gasteiger partial charge on any atom is 0.247 e. The summed E-state index contributed by atoms with van der Waals surface area (Å²) in [5.74, 6) is 0.836. The summed E-state index contributed by atoms with van der Waals surface area (Å²) in [5, 5.41) is 19.3. The topological polar surface area (TPSA) is 70.0 Å². The van der Waals surface area contributed by atoms with Crippen molar-refractivity contribution in [2.45, 2.75) is 38.8 Å². The zero-order chi connectivity index (χ0) is 17.0. The van der Waals surface area contributed by atoms with Gasteiger partial charge in [-0.3, -0.25) is 4.79 Å². The number of rotatable bonds is 4. The largest absolute Gasteiger partial charge is 0.507 e. The first-order valence-corrected chi connectivity index (χ1v) is 7.94. The van der Waals surface area contributed by atoms with E-state index in [0.29, 0.717) is 11.3 Å². The van der Waals surface area contributed by atoms with Gasteiger partial charge in [-0.05, 0) is 50.8 Å². The smallest absolute Gasteiger partial charge is 0.247 e. The summed E-state index contributed by atoms with van der Waals surface area (Å²) < 4.78 is 5.04. The van der Waals surface area contributed by atoms with E-state index in [4.69, 9.17) is 4.74 Å². The van der Waals surface area contributed by atoms with E-state index in [-0.39, 0.29) is 36.3 Å². The molecule has 0 saturated carbocycles. The second kappa shape index (κ2) is 7.51. The van der Waals surface area contributed by atoms with Crippen LogP contribution >= 0.6 is 0 Å². The number of carbonyl (C=O) groups excluding carboxylic acids is 1. The third-order valence-corrected chi connectivity index (χ3v) is 4.45. The van der Waals surface area contributed by atoms with Gasteiger partial charge in [0.15, 0.2) is 0 Å². The molecular formula is C18H25NO4. The number of aliphatic hydroxyl groups is 1. The summed E-state index contributed by atoms with van der Waals surface area (Å²) in [6.07, 6.45) is 4.74. The van der Waals surface area contributed by atoms with E-state index in [0.717, 1.165) is 12.8 Å². The van der Waals surface area contributed by atoms with Gasteiger partial charge in [-0.15, -0.1) is 0 Å². The Morgan fingerprint density at radius 3 is 2.52 bits per heavy atom. The molecule has 1 aliphatic rings. The van der Waals surface area contributed by atoms with E-state index >= 15 is 0 Å². The van der Waals surface area contributed by atoms with Gasteiger partial charge in [0.1, 0.15) is 11.5 Å². The van der Waals surface area contributed by atoms with Crippen LogP contribution in [0.15, 0.2) is 24.3 Å². The van der Waals surface area contributed by atoms with Crippen LogP contribution in [-0.4, -0.2) is 46.8 Å². The Bertz CT molecular complexity index is 572. The molecule has 2 rings (SSSR count). The number of likely N-dealkylation sites (tertiary alicyclic amines) is 1. The minimum absolute atomic E-state index is 0.0726. The first-order chi connectivity index (χ1) is 11.0. The SMILES string of the molecule is COc1ccc(/C=C/C(=O)N2C(C)CC(CO)CC2C)c(O)c1. The molecule has 1 heterocycles. The van der Waals surface area contributed by atoms with E-state index in [2.05, 4.69) is 0 Å². The fourth-order valence-corrected chi connectivity index (χ4v) is 3.34. The predicted molar refractivity (Wildman–Crippen MR) is 89.3 cm³/mol. The van der Waals surface area contributed by atoms with Crippen LogP contribution in [0.4, 0.5) is 0 Å². The zero-order valence-corrected chi connectivity index (χ0v) is 13.9. The van der Waals surface area contributed by atoms with Crippen LogP contribution in [0.2, 0.25) is 0 Å². The molecule has 1 fully saturated rings. The standard InChI is InChI=1S/C18H25NO4/c1-12-8-14(11-20)9-13(2)19(12)18(22)7-5-15-4-6-16(23-3)10-17(15)21/h4-7,10,12-14,20-21H,8-9,11H2,1-3H3/b7-5+. The number of nitrogens with zero attached hydrogens (tertiary/aromatic N) is 1. The van der Waals surface area contributed by atoms with Crippen molar-refractivity contribution in [2.75, 3.05) is 13.7 Å². The van der Waals surface area contributed by atoms with E-state index in [9.17, 15) is 15.0 Å². The Morgan fingerprint density at radius 1 is 1.35 bits per heavy atom. The minimum Gasteiger partial charge on any atom is -0.507 e. The predicted octanol–water partition coefficient (Wildman–Crippen LogP) is 2.42. The number of hydrogen-bond donors (Lipinski definition) is 2. The van der Waals surface area contributed by atoms with Gasteiger partial charge in [0, 0.05) is 36.4 Å². The lowest BCUT2D eigenvalue weighted by Gasteiger charge is -2.41. The van der Waals surface area contributed by atoms with Crippen LogP contribution < -0.4 is 4.74 Å². The second-order valence-corrected chi connectivity index (χ2v) is 6.22. The molecule has 2 unspecified atom stereocenters. The monoisotopic (exact) mass is 319 g/mol. The molecule has 2 atom stereocenters. The van der Waals surface area contributed by atoms with E-state index in [1.165, 1.54) is 19.3 Å². The van der Waals surface area contributed by atoms with Crippen LogP contribution in [0.25, 0.3) is 6.08 Å². The van der Waals surface area contributed by atoms with Crippen LogP contribution in [0.1, 0.15) is 32.3 Å². The van der Waals surface area contributed by atoms with Gasteiger partial charge in [0.25, 0.3) is 0 Å². The van der Waals surface area contributed by atoms with Crippen LogP contribution in [0, 0.1) is 5.92 Å². The first kappa shape index (κ1) is 17.3. The number of methoxy groups -OCH3 is 1. The molecule has 1 amide bonds. The molecule has 1 aliphatic heterocycles. The number of amides is 1. The van der Waals surface area contributed by atoms with Crippen molar-refractivity contribution in [3.63, 3.8) is 0 Å². The highest BCUT2D eigenvalue weighted by atomic mass is 16.5. The summed E-state index contributed by atoms with van der Waals surface area (Å²) >= 11 is 0. The van der Waals surface area contributed by atoms with E-state index in [1.54, 1.807) is 18.2 Å². The number of hydrogen-bond acceptors (Lipinski definition) is 4. The number of aromatic hydroxyl groups is 1. The molecule has 1 saturated heterocycles. The highest BCUT2D eigenvalue weighted by Gasteiger charge is 2.32. The second-order valence-electron chi connectivity index (χ2n) is 6.22. The number of phenolic OH excluding ortho intramolecular Hbond substituents is 1. The highest BCUT2D eigenvalue weighted by molar-refractivity contribution is 5.92. The molecule has 5 nitrogen and oxygen atoms in total. The van der Waals surface area contributed by atoms with Crippen molar-refractivity contribution in [3.8, 4) is 11.5 Å². The minimum atomic E-state index is -0.0726. The van der Waals surface area contributed by atoms with Crippen LogP contribution in [0.5, 0.6) is 11.5 Å². The molecule has 5 heteroatoms. The quantitative estimate of drug-likeness (QED) is 0.836. The molecule has 2 N–H and O–H groups in total. The number of benzene rings is 1. The van der Waals surface area contributed by atoms with Crippen molar-refractivity contribution in [3.05, 3.63) is 29.8 Å².